The number of likely N-dealkylation sites (N-methyl/N-ethyl adjacent to an activating group) is 1. The summed E-state index contributed by atoms with van der Waals surface area (Å²) in [6, 6.07) is -0.383. The van der Waals surface area contributed by atoms with Crippen LogP contribution in [0.15, 0.2) is 12.2 Å². The Bertz CT molecular complexity index is 575. The molecule has 4 heteroatoms. The van der Waals surface area contributed by atoms with Crippen LogP contribution >= 0.6 is 0 Å². The molecule has 0 fully saturated rings. The van der Waals surface area contributed by atoms with Crippen LogP contribution in [0.4, 0.5) is 0 Å². The minimum absolute atomic E-state index is 0.0289. The summed E-state index contributed by atoms with van der Waals surface area (Å²) in [5.41, 5.74) is 0. The number of carbonyl (C=O) groups is 2. The smallest absolute Gasteiger partial charge is 0.242 e. The predicted molar refractivity (Wildman–Crippen MR) is 176 cm³/mol. The third kappa shape index (κ3) is 28.2. The van der Waals surface area contributed by atoms with Crippen molar-refractivity contribution in [3.8, 4) is 0 Å². The Hall–Kier alpha value is -1.32. The number of carbonyl (C=O) groups excluding carboxylic acids is 2. The van der Waals surface area contributed by atoms with E-state index in [1.165, 1.54) is 128 Å². The van der Waals surface area contributed by atoms with E-state index >= 15 is 0 Å². The van der Waals surface area contributed by atoms with Gasteiger partial charge in [0.25, 0.3) is 0 Å². The van der Waals surface area contributed by atoms with Gasteiger partial charge in [0.2, 0.25) is 11.8 Å². The summed E-state index contributed by atoms with van der Waals surface area (Å²) >= 11 is 0. The van der Waals surface area contributed by atoms with E-state index in [1.54, 1.807) is 0 Å². The average Bonchev–Trinajstić information content (AvgIpc) is 2.95. The molecule has 236 valence electrons. The molecule has 0 spiro atoms. The number of hydrogen-bond acceptors (Lipinski definition) is 2. The quantitative estimate of drug-likeness (QED) is 0.0652. The summed E-state index contributed by atoms with van der Waals surface area (Å²) in [4.78, 5) is 25.0. The highest BCUT2D eigenvalue weighted by atomic mass is 16.2. The Morgan fingerprint density at radius 3 is 1.38 bits per heavy atom. The van der Waals surface area contributed by atoms with Gasteiger partial charge in [0, 0.05) is 13.0 Å². The highest BCUT2D eigenvalue weighted by molar-refractivity contribution is 5.87. The van der Waals surface area contributed by atoms with E-state index in [4.69, 9.17) is 0 Å². The second kappa shape index (κ2) is 32.2. The number of hydrogen-bond donors (Lipinski definition) is 2. The number of amides is 2. The SMILES string of the molecule is CCCCCCCC/C=C\CCCCCCC(NC(=O)CCCCCCCCCCCCCCC)C(=O)NCC. The first kappa shape index (κ1) is 38.7. The van der Waals surface area contributed by atoms with Crippen LogP contribution in [-0.2, 0) is 9.59 Å². The van der Waals surface area contributed by atoms with Crippen LogP contribution < -0.4 is 10.6 Å². The van der Waals surface area contributed by atoms with Crippen LogP contribution in [0.3, 0.4) is 0 Å². The maximum absolute atomic E-state index is 12.5. The Morgan fingerprint density at radius 1 is 0.525 bits per heavy atom. The third-order valence-corrected chi connectivity index (χ3v) is 8.01. The van der Waals surface area contributed by atoms with E-state index < -0.39 is 0 Å². The minimum atomic E-state index is -0.383. The lowest BCUT2D eigenvalue weighted by Crippen LogP contribution is -2.46. The number of unbranched alkanes of at least 4 members (excludes halogenated alkanes) is 22. The van der Waals surface area contributed by atoms with E-state index in [1.807, 2.05) is 6.92 Å². The van der Waals surface area contributed by atoms with Crippen molar-refractivity contribution in [3.05, 3.63) is 12.2 Å². The van der Waals surface area contributed by atoms with Crippen molar-refractivity contribution in [2.75, 3.05) is 6.54 Å². The fourth-order valence-corrected chi connectivity index (χ4v) is 5.38. The minimum Gasteiger partial charge on any atom is -0.355 e. The molecule has 0 saturated heterocycles. The molecule has 0 aliphatic heterocycles. The lowest BCUT2D eigenvalue weighted by molar-refractivity contribution is -0.129. The zero-order valence-corrected chi connectivity index (χ0v) is 27.3. The molecule has 0 rings (SSSR count). The summed E-state index contributed by atoms with van der Waals surface area (Å²) in [5.74, 6) is 0.00803. The number of nitrogens with one attached hydrogen (secondary N) is 2. The molecule has 4 nitrogen and oxygen atoms in total. The van der Waals surface area contributed by atoms with Gasteiger partial charge in [-0.05, 0) is 45.4 Å². The van der Waals surface area contributed by atoms with Gasteiger partial charge in [-0.15, -0.1) is 0 Å². The summed E-state index contributed by atoms with van der Waals surface area (Å²) in [7, 11) is 0. The van der Waals surface area contributed by atoms with Gasteiger partial charge >= 0.3 is 0 Å². The van der Waals surface area contributed by atoms with Crippen LogP contribution in [0, 0.1) is 0 Å². The van der Waals surface area contributed by atoms with Crippen LogP contribution in [0.1, 0.15) is 194 Å². The first-order valence-electron chi connectivity index (χ1n) is 17.9. The number of rotatable bonds is 31. The van der Waals surface area contributed by atoms with Gasteiger partial charge in [-0.2, -0.15) is 0 Å². The van der Waals surface area contributed by atoms with Gasteiger partial charge < -0.3 is 10.6 Å². The van der Waals surface area contributed by atoms with Crippen LogP contribution in [0.25, 0.3) is 0 Å². The first-order valence-corrected chi connectivity index (χ1v) is 17.9. The van der Waals surface area contributed by atoms with Crippen molar-refractivity contribution in [2.45, 2.75) is 200 Å². The van der Waals surface area contributed by atoms with E-state index in [0.29, 0.717) is 13.0 Å². The molecule has 0 aliphatic carbocycles. The lowest BCUT2D eigenvalue weighted by Gasteiger charge is -2.18. The van der Waals surface area contributed by atoms with Gasteiger partial charge in [0.1, 0.15) is 6.04 Å². The molecule has 1 atom stereocenters. The van der Waals surface area contributed by atoms with E-state index in [2.05, 4.69) is 36.6 Å². The van der Waals surface area contributed by atoms with Gasteiger partial charge in [-0.1, -0.05) is 154 Å². The first-order chi connectivity index (χ1) is 19.7. The zero-order valence-electron chi connectivity index (χ0n) is 27.3. The molecule has 2 amide bonds. The van der Waals surface area contributed by atoms with Crippen molar-refractivity contribution in [2.24, 2.45) is 0 Å². The highest BCUT2D eigenvalue weighted by Gasteiger charge is 2.19. The summed E-state index contributed by atoms with van der Waals surface area (Å²) in [6.07, 6.45) is 38.0. The summed E-state index contributed by atoms with van der Waals surface area (Å²) in [5, 5.41) is 5.93. The van der Waals surface area contributed by atoms with Crippen LogP contribution in [0.5, 0.6) is 0 Å². The maximum Gasteiger partial charge on any atom is 0.242 e. The zero-order chi connectivity index (χ0) is 29.4. The molecule has 0 aromatic rings. The average molecular weight is 563 g/mol. The van der Waals surface area contributed by atoms with Gasteiger partial charge in [0.15, 0.2) is 0 Å². The molecule has 0 aromatic carbocycles. The normalized spacial score (nSPS) is 12.2. The van der Waals surface area contributed by atoms with Crippen LogP contribution in [0.2, 0.25) is 0 Å². The molecule has 2 N–H and O–H groups in total. The van der Waals surface area contributed by atoms with Crippen LogP contribution in [-0.4, -0.2) is 24.4 Å². The standard InChI is InChI=1S/C36H70N2O2/c1-4-7-9-11-13-15-17-19-21-22-24-26-28-30-32-34(36(40)37-6-3)38-35(39)33-31-29-27-25-23-20-18-16-14-12-10-8-5-2/h19,21,34H,4-18,20,22-33H2,1-3H3,(H,37,40)(H,38,39)/b21-19-. The van der Waals surface area contributed by atoms with Crippen molar-refractivity contribution in [1.82, 2.24) is 10.6 Å². The topological polar surface area (TPSA) is 58.2 Å². The Balaban J connectivity index is 3.81. The van der Waals surface area contributed by atoms with Crippen molar-refractivity contribution < 1.29 is 9.59 Å². The van der Waals surface area contributed by atoms with E-state index in [-0.39, 0.29) is 17.9 Å². The monoisotopic (exact) mass is 563 g/mol. The van der Waals surface area contributed by atoms with Crippen molar-refractivity contribution in [3.63, 3.8) is 0 Å². The largest absolute Gasteiger partial charge is 0.355 e. The molecule has 0 bridgehead atoms. The van der Waals surface area contributed by atoms with Gasteiger partial charge in [-0.3, -0.25) is 9.59 Å². The lowest BCUT2D eigenvalue weighted by atomic mass is 10.0. The second-order valence-corrected chi connectivity index (χ2v) is 12.0. The van der Waals surface area contributed by atoms with E-state index in [9.17, 15) is 9.59 Å². The van der Waals surface area contributed by atoms with Gasteiger partial charge in [-0.25, -0.2) is 0 Å². The predicted octanol–water partition coefficient (Wildman–Crippen LogP) is 10.7. The molecule has 0 aromatic heterocycles. The fraction of sp³-hybridized carbons (Fsp3) is 0.889. The molecule has 0 aliphatic rings. The fourth-order valence-electron chi connectivity index (χ4n) is 5.38. The maximum atomic E-state index is 12.5. The van der Waals surface area contributed by atoms with Crippen molar-refractivity contribution in [1.29, 1.82) is 0 Å². The number of allylic oxidation sites excluding steroid dienone is 2. The Kier molecular flexibility index (Phi) is 31.1. The Labute approximate surface area is 250 Å². The van der Waals surface area contributed by atoms with Gasteiger partial charge in [0.05, 0.1) is 0 Å². The summed E-state index contributed by atoms with van der Waals surface area (Å²) < 4.78 is 0. The Morgan fingerprint density at radius 2 is 0.925 bits per heavy atom. The molecular weight excluding hydrogens is 492 g/mol. The van der Waals surface area contributed by atoms with Crippen molar-refractivity contribution >= 4 is 11.8 Å². The highest BCUT2D eigenvalue weighted by Crippen LogP contribution is 2.14. The molecule has 40 heavy (non-hydrogen) atoms. The molecular formula is C36H70N2O2. The third-order valence-electron chi connectivity index (χ3n) is 8.01. The van der Waals surface area contributed by atoms with E-state index in [0.717, 1.165) is 38.5 Å². The summed E-state index contributed by atoms with van der Waals surface area (Å²) in [6.45, 7) is 7.08. The molecule has 0 heterocycles. The molecule has 0 radical (unpaired) electrons. The molecule has 0 saturated carbocycles. The second-order valence-electron chi connectivity index (χ2n) is 12.0. The molecule has 1 unspecified atom stereocenters.